The van der Waals surface area contributed by atoms with Crippen LogP contribution in [0.5, 0.6) is 0 Å². The number of carbonyl (C=O) groups is 1. The number of H-pyrrole nitrogens is 1. The highest BCUT2D eigenvalue weighted by atomic mass is 16.1. The smallest absolute Gasteiger partial charge is 0.255 e. The van der Waals surface area contributed by atoms with E-state index in [1.807, 2.05) is 67.1 Å². The molecule has 2 heterocycles. The lowest BCUT2D eigenvalue weighted by Gasteiger charge is -2.08. The average Bonchev–Trinajstić information content (AvgIpc) is 3.19. The second-order valence-corrected chi connectivity index (χ2v) is 6.48. The highest BCUT2D eigenvalue weighted by Gasteiger charge is 2.10. The van der Waals surface area contributed by atoms with Crippen LogP contribution in [0.1, 0.15) is 27.4 Å². The summed E-state index contributed by atoms with van der Waals surface area (Å²) in [4.78, 5) is 20.2. The van der Waals surface area contributed by atoms with Crippen LogP contribution in [0.3, 0.4) is 0 Å². The summed E-state index contributed by atoms with van der Waals surface area (Å²) >= 11 is 0. The van der Waals surface area contributed by atoms with Crippen LogP contribution < -0.4 is 5.32 Å². The molecule has 0 unspecified atom stereocenters. The summed E-state index contributed by atoms with van der Waals surface area (Å²) in [5.74, 6) is 0.809. The number of carbonyl (C=O) groups excluding carboxylic acids is 1. The van der Waals surface area contributed by atoms with Gasteiger partial charge in [-0.1, -0.05) is 0 Å². The second kappa shape index (κ2) is 6.19. The Kier molecular flexibility index (Phi) is 3.84. The molecule has 0 bridgehead atoms. The summed E-state index contributed by atoms with van der Waals surface area (Å²) in [5, 5.41) is 4.05. The number of nitrogens with one attached hydrogen (secondary N) is 2. The molecule has 0 saturated heterocycles. The molecule has 130 valence electrons. The Bertz CT molecular complexity index is 1100. The van der Waals surface area contributed by atoms with Crippen LogP contribution in [0.2, 0.25) is 0 Å². The van der Waals surface area contributed by atoms with E-state index in [0.29, 0.717) is 5.56 Å². The van der Waals surface area contributed by atoms with E-state index >= 15 is 0 Å². The summed E-state index contributed by atoms with van der Waals surface area (Å²) in [6, 6.07) is 13.5. The van der Waals surface area contributed by atoms with Crippen LogP contribution in [0.4, 0.5) is 5.69 Å². The normalized spacial score (nSPS) is 11.0. The number of fused-ring (bicyclic) bond motifs is 1. The van der Waals surface area contributed by atoms with E-state index in [0.717, 1.165) is 33.8 Å². The van der Waals surface area contributed by atoms with E-state index in [4.69, 9.17) is 0 Å². The van der Waals surface area contributed by atoms with E-state index < -0.39 is 0 Å². The van der Waals surface area contributed by atoms with Gasteiger partial charge in [0.2, 0.25) is 0 Å². The van der Waals surface area contributed by atoms with Crippen molar-refractivity contribution in [2.75, 3.05) is 5.32 Å². The fourth-order valence-corrected chi connectivity index (χ4v) is 3.16. The molecule has 0 aliphatic carbocycles. The molecule has 1 amide bonds. The van der Waals surface area contributed by atoms with Gasteiger partial charge in [0.1, 0.15) is 5.82 Å². The van der Waals surface area contributed by atoms with E-state index in [9.17, 15) is 4.79 Å². The molecule has 2 aromatic carbocycles. The van der Waals surface area contributed by atoms with Gasteiger partial charge in [0, 0.05) is 45.9 Å². The number of benzene rings is 2. The lowest BCUT2D eigenvalue weighted by atomic mass is 10.1. The van der Waals surface area contributed by atoms with Gasteiger partial charge < -0.3 is 14.9 Å². The van der Waals surface area contributed by atoms with Crippen LogP contribution in [-0.4, -0.2) is 20.4 Å². The van der Waals surface area contributed by atoms with Gasteiger partial charge in [-0.3, -0.25) is 4.79 Å². The first-order valence-corrected chi connectivity index (χ1v) is 8.53. The third-order valence-corrected chi connectivity index (χ3v) is 4.80. The first-order valence-electron chi connectivity index (χ1n) is 8.53. The van der Waals surface area contributed by atoms with Crippen molar-refractivity contribution in [3.8, 4) is 5.69 Å². The van der Waals surface area contributed by atoms with Crippen molar-refractivity contribution in [1.82, 2.24) is 14.5 Å². The Hall–Kier alpha value is -3.34. The zero-order valence-electron chi connectivity index (χ0n) is 15.0. The predicted molar refractivity (Wildman–Crippen MR) is 104 cm³/mol. The summed E-state index contributed by atoms with van der Waals surface area (Å²) in [6.45, 7) is 6.06. The summed E-state index contributed by atoms with van der Waals surface area (Å²) in [6.07, 6.45) is 3.69. The summed E-state index contributed by atoms with van der Waals surface area (Å²) < 4.78 is 2.00. The molecule has 2 aromatic heterocycles. The fourth-order valence-electron chi connectivity index (χ4n) is 3.16. The third-order valence-electron chi connectivity index (χ3n) is 4.80. The standard InChI is InChI=1S/C21H20N4O/c1-13-14(2)23-20-9-4-16(12-19(13)20)21(26)24-17-5-7-18(8-6-17)25-11-10-22-15(25)3/h4-12,23H,1-3H3,(H,24,26). The maximum absolute atomic E-state index is 12.6. The molecule has 0 aliphatic heterocycles. The van der Waals surface area contributed by atoms with Gasteiger partial charge in [-0.15, -0.1) is 0 Å². The zero-order chi connectivity index (χ0) is 18.3. The zero-order valence-corrected chi connectivity index (χ0v) is 15.0. The molecule has 2 N–H and O–H groups in total. The maximum atomic E-state index is 12.6. The molecule has 0 radical (unpaired) electrons. The Morgan fingerprint density at radius 1 is 1.08 bits per heavy atom. The predicted octanol–water partition coefficient (Wildman–Crippen LogP) is 4.53. The molecule has 0 spiro atoms. The highest BCUT2D eigenvalue weighted by molar-refractivity contribution is 6.06. The van der Waals surface area contributed by atoms with E-state index in [1.54, 1.807) is 6.20 Å². The second-order valence-electron chi connectivity index (χ2n) is 6.48. The Morgan fingerprint density at radius 3 is 2.54 bits per heavy atom. The maximum Gasteiger partial charge on any atom is 0.255 e. The summed E-state index contributed by atoms with van der Waals surface area (Å²) in [5.41, 5.74) is 5.78. The van der Waals surface area contributed by atoms with E-state index in [1.165, 1.54) is 5.56 Å². The lowest BCUT2D eigenvalue weighted by Crippen LogP contribution is -2.11. The van der Waals surface area contributed by atoms with Crippen molar-refractivity contribution >= 4 is 22.5 Å². The number of anilines is 1. The SMILES string of the molecule is Cc1[nH]c2ccc(C(=O)Nc3ccc(-n4ccnc4C)cc3)cc2c1C. The monoisotopic (exact) mass is 344 g/mol. The van der Waals surface area contributed by atoms with Crippen molar-refractivity contribution in [2.45, 2.75) is 20.8 Å². The van der Waals surface area contributed by atoms with Crippen molar-refractivity contribution in [3.05, 3.63) is 77.5 Å². The fraction of sp³-hybridized carbons (Fsp3) is 0.143. The van der Waals surface area contributed by atoms with E-state index in [-0.39, 0.29) is 5.91 Å². The van der Waals surface area contributed by atoms with Crippen LogP contribution in [0.15, 0.2) is 54.9 Å². The van der Waals surface area contributed by atoms with Gasteiger partial charge in [-0.25, -0.2) is 4.98 Å². The minimum absolute atomic E-state index is 0.114. The number of hydrogen-bond acceptors (Lipinski definition) is 2. The first kappa shape index (κ1) is 16.1. The Labute approximate surface area is 151 Å². The number of aromatic amines is 1. The molecular weight excluding hydrogens is 324 g/mol. The largest absolute Gasteiger partial charge is 0.358 e. The van der Waals surface area contributed by atoms with Crippen LogP contribution >= 0.6 is 0 Å². The molecular formula is C21H20N4O. The molecule has 5 heteroatoms. The van der Waals surface area contributed by atoms with Crippen molar-refractivity contribution < 1.29 is 4.79 Å². The van der Waals surface area contributed by atoms with Crippen molar-refractivity contribution in [1.29, 1.82) is 0 Å². The minimum Gasteiger partial charge on any atom is -0.358 e. The van der Waals surface area contributed by atoms with Crippen LogP contribution in [0, 0.1) is 20.8 Å². The molecule has 0 atom stereocenters. The van der Waals surface area contributed by atoms with Crippen molar-refractivity contribution in [3.63, 3.8) is 0 Å². The van der Waals surface area contributed by atoms with Gasteiger partial charge in [0.05, 0.1) is 0 Å². The lowest BCUT2D eigenvalue weighted by molar-refractivity contribution is 0.102. The topological polar surface area (TPSA) is 62.7 Å². The first-order chi connectivity index (χ1) is 12.5. The third kappa shape index (κ3) is 2.77. The number of nitrogens with zero attached hydrogens (tertiary/aromatic N) is 2. The van der Waals surface area contributed by atoms with Gasteiger partial charge >= 0.3 is 0 Å². The minimum atomic E-state index is -0.114. The molecule has 0 aliphatic rings. The molecule has 0 fully saturated rings. The van der Waals surface area contributed by atoms with Gasteiger partial charge in [-0.2, -0.15) is 0 Å². The van der Waals surface area contributed by atoms with Crippen LogP contribution in [0.25, 0.3) is 16.6 Å². The van der Waals surface area contributed by atoms with Crippen molar-refractivity contribution in [2.24, 2.45) is 0 Å². The molecule has 0 saturated carbocycles. The molecule has 26 heavy (non-hydrogen) atoms. The molecule has 4 aromatic rings. The molecule has 4 rings (SSSR count). The number of rotatable bonds is 3. The summed E-state index contributed by atoms with van der Waals surface area (Å²) in [7, 11) is 0. The van der Waals surface area contributed by atoms with Gasteiger partial charge in [0.25, 0.3) is 5.91 Å². The number of aryl methyl sites for hydroxylation is 3. The highest BCUT2D eigenvalue weighted by Crippen LogP contribution is 2.23. The van der Waals surface area contributed by atoms with E-state index in [2.05, 4.69) is 22.2 Å². The van der Waals surface area contributed by atoms with Gasteiger partial charge in [0.15, 0.2) is 0 Å². The van der Waals surface area contributed by atoms with Gasteiger partial charge in [-0.05, 0) is 68.8 Å². The number of aromatic nitrogens is 3. The average molecular weight is 344 g/mol. The number of imidazole rings is 1. The quantitative estimate of drug-likeness (QED) is 0.573. The Balaban J connectivity index is 1.56. The number of amides is 1. The molecule has 5 nitrogen and oxygen atoms in total. The van der Waals surface area contributed by atoms with Crippen LogP contribution in [-0.2, 0) is 0 Å². The Morgan fingerprint density at radius 2 is 1.85 bits per heavy atom. The number of hydrogen-bond donors (Lipinski definition) is 2.